The number of nitrogens with zero attached hydrogens (tertiary/aromatic N) is 1. The van der Waals surface area contributed by atoms with Crippen LogP contribution in [-0.4, -0.2) is 17.6 Å². The zero-order chi connectivity index (χ0) is 14.5. The van der Waals surface area contributed by atoms with Crippen LogP contribution in [0.25, 0.3) is 0 Å². The largest absolute Gasteiger partial charge is 0.461 e. The van der Waals surface area contributed by atoms with Gasteiger partial charge in [-0.3, -0.25) is 0 Å². The third-order valence-electron chi connectivity index (χ3n) is 2.70. The summed E-state index contributed by atoms with van der Waals surface area (Å²) >= 11 is 4.81. The van der Waals surface area contributed by atoms with Crippen LogP contribution in [0.15, 0.2) is 34.1 Å². The molecule has 6 heteroatoms. The van der Waals surface area contributed by atoms with Crippen molar-refractivity contribution >= 4 is 38.4 Å². The normalized spacial score (nSPS) is 11.9. The molecule has 106 valence electrons. The van der Waals surface area contributed by atoms with E-state index in [2.05, 4.69) is 33.2 Å². The standard InChI is InChI=1S/C14H15BrN2O2S/c1-3-19-13(18)12-8-20-14(17-12)16-9(2)10-4-6-11(15)7-5-10/h4-9H,3H2,1-2H3,(H,16,17). The van der Waals surface area contributed by atoms with Gasteiger partial charge >= 0.3 is 5.97 Å². The number of carbonyl (C=O) groups excluding carboxylic acids is 1. The number of nitrogens with one attached hydrogen (secondary N) is 1. The highest BCUT2D eigenvalue weighted by atomic mass is 79.9. The predicted molar refractivity (Wildman–Crippen MR) is 84.3 cm³/mol. The first-order chi connectivity index (χ1) is 9.60. The van der Waals surface area contributed by atoms with Crippen molar-refractivity contribution in [2.75, 3.05) is 11.9 Å². The molecule has 1 N–H and O–H groups in total. The molecular formula is C14H15BrN2O2S. The summed E-state index contributed by atoms with van der Waals surface area (Å²) in [6, 6.07) is 8.20. The molecule has 0 spiro atoms. The lowest BCUT2D eigenvalue weighted by molar-refractivity contribution is 0.0520. The number of halogens is 1. The second-order valence-corrected chi connectivity index (χ2v) is 5.95. The summed E-state index contributed by atoms with van der Waals surface area (Å²) in [5.41, 5.74) is 1.50. The van der Waals surface area contributed by atoms with Gasteiger partial charge in [0.2, 0.25) is 0 Å². The second-order valence-electron chi connectivity index (χ2n) is 4.18. The van der Waals surface area contributed by atoms with Crippen molar-refractivity contribution < 1.29 is 9.53 Å². The van der Waals surface area contributed by atoms with Crippen LogP contribution >= 0.6 is 27.3 Å². The van der Waals surface area contributed by atoms with Crippen molar-refractivity contribution in [3.8, 4) is 0 Å². The van der Waals surface area contributed by atoms with Crippen LogP contribution in [-0.2, 0) is 4.74 Å². The average molecular weight is 355 g/mol. The number of benzene rings is 1. The van der Waals surface area contributed by atoms with Crippen LogP contribution in [0.2, 0.25) is 0 Å². The molecule has 0 aliphatic carbocycles. The van der Waals surface area contributed by atoms with Gasteiger partial charge in [-0.1, -0.05) is 28.1 Å². The van der Waals surface area contributed by atoms with Gasteiger partial charge in [0.1, 0.15) is 0 Å². The van der Waals surface area contributed by atoms with E-state index in [1.54, 1.807) is 12.3 Å². The number of anilines is 1. The van der Waals surface area contributed by atoms with E-state index in [1.165, 1.54) is 11.3 Å². The van der Waals surface area contributed by atoms with Crippen molar-refractivity contribution in [3.63, 3.8) is 0 Å². The number of thiazole rings is 1. The van der Waals surface area contributed by atoms with E-state index in [9.17, 15) is 4.79 Å². The smallest absolute Gasteiger partial charge is 0.357 e. The molecule has 20 heavy (non-hydrogen) atoms. The third kappa shape index (κ3) is 3.80. The summed E-state index contributed by atoms with van der Waals surface area (Å²) in [5.74, 6) is -0.381. The lowest BCUT2D eigenvalue weighted by Gasteiger charge is -2.13. The van der Waals surface area contributed by atoms with Crippen molar-refractivity contribution in [2.24, 2.45) is 0 Å². The van der Waals surface area contributed by atoms with Crippen LogP contribution in [0, 0.1) is 0 Å². The average Bonchev–Trinajstić information content (AvgIpc) is 2.88. The molecule has 1 aromatic heterocycles. The van der Waals surface area contributed by atoms with Crippen LogP contribution < -0.4 is 5.32 Å². The SMILES string of the molecule is CCOC(=O)c1csc(NC(C)c2ccc(Br)cc2)n1. The predicted octanol–water partition coefficient (Wildman–Crippen LogP) is 4.26. The monoisotopic (exact) mass is 354 g/mol. The minimum absolute atomic E-state index is 0.115. The molecule has 1 unspecified atom stereocenters. The van der Waals surface area contributed by atoms with Crippen molar-refractivity contribution in [1.82, 2.24) is 4.98 Å². The Kier molecular flexibility index (Phi) is 5.14. The molecule has 0 fully saturated rings. The van der Waals surface area contributed by atoms with Crippen molar-refractivity contribution in [3.05, 3.63) is 45.4 Å². The highest BCUT2D eigenvalue weighted by molar-refractivity contribution is 9.10. The number of ether oxygens (including phenoxy) is 1. The summed E-state index contributed by atoms with van der Waals surface area (Å²) in [6.07, 6.45) is 0. The molecule has 0 aliphatic rings. The molecule has 4 nitrogen and oxygen atoms in total. The van der Waals surface area contributed by atoms with Crippen LogP contribution in [0.5, 0.6) is 0 Å². The van der Waals surface area contributed by atoms with Gasteiger partial charge in [0.25, 0.3) is 0 Å². The Hall–Kier alpha value is -1.40. The van der Waals surface area contributed by atoms with Gasteiger partial charge < -0.3 is 10.1 Å². The number of carbonyl (C=O) groups is 1. The Labute approximate surface area is 130 Å². The topological polar surface area (TPSA) is 51.2 Å². The van der Waals surface area contributed by atoms with E-state index in [1.807, 2.05) is 24.3 Å². The molecular weight excluding hydrogens is 340 g/mol. The van der Waals surface area contributed by atoms with Gasteiger partial charge in [-0.2, -0.15) is 0 Å². The fourth-order valence-corrected chi connectivity index (χ4v) is 2.69. The zero-order valence-corrected chi connectivity index (χ0v) is 13.6. The number of rotatable bonds is 5. The molecule has 2 rings (SSSR count). The second kappa shape index (κ2) is 6.85. The highest BCUT2D eigenvalue weighted by Gasteiger charge is 2.13. The minimum atomic E-state index is -0.381. The summed E-state index contributed by atoms with van der Waals surface area (Å²) in [5, 5.41) is 5.69. The molecule has 0 saturated carbocycles. The maximum Gasteiger partial charge on any atom is 0.357 e. The van der Waals surface area contributed by atoms with Crippen LogP contribution in [0.1, 0.15) is 35.9 Å². The Morgan fingerprint density at radius 2 is 2.15 bits per heavy atom. The summed E-state index contributed by atoms with van der Waals surface area (Å²) in [7, 11) is 0. The number of hydrogen-bond donors (Lipinski definition) is 1. The Morgan fingerprint density at radius 3 is 2.80 bits per heavy atom. The molecule has 2 aromatic rings. The third-order valence-corrected chi connectivity index (χ3v) is 4.00. The van der Waals surface area contributed by atoms with E-state index in [0.29, 0.717) is 17.4 Å². The van der Waals surface area contributed by atoms with E-state index in [0.717, 1.165) is 10.0 Å². The molecule has 1 atom stereocenters. The van der Waals surface area contributed by atoms with E-state index in [-0.39, 0.29) is 12.0 Å². The molecule has 1 heterocycles. The maximum atomic E-state index is 11.5. The minimum Gasteiger partial charge on any atom is -0.461 e. The first kappa shape index (κ1) is 15.0. The fourth-order valence-electron chi connectivity index (χ4n) is 1.66. The lowest BCUT2D eigenvalue weighted by atomic mass is 10.1. The molecule has 0 saturated heterocycles. The number of aromatic nitrogens is 1. The van der Waals surface area contributed by atoms with Gasteiger partial charge in [0.15, 0.2) is 10.8 Å². The fraction of sp³-hybridized carbons (Fsp3) is 0.286. The van der Waals surface area contributed by atoms with E-state index >= 15 is 0 Å². The molecule has 0 bridgehead atoms. The molecule has 0 radical (unpaired) electrons. The zero-order valence-electron chi connectivity index (χ0n) is 11.2. The summed E-state index contributed by atoms with van der Waals surface area (Å²) < 4.78 is 5.96. The highest BCUT2D eigenvalue weighted by Crippen LogP contribution is 2.23. The molecule has 1 aromatic carbocycles. The Balaban J connectivity index is 2.03. The van der Waals surface area contributed by atoms with Crippen LogP contribution in [0.4, 0.5) is 5.13 Å². The van der Waals surface area contributed by atoms with E-state index in [4.69, 9.17) is 4.74 Å². The van der Waals surface area contributed by atoms with Gasteiger partial charge in [0, 0.05) is 9.85 Å². The quantitative estimate of drug-likeness (QED) is 0.815. The van der Waals surface area contributed by atoms with Gasteiger partial charge in [0.05, 0.1) is 12.6 Å². The first-order valence-corrected chi connectivity index (χ1v) is 7.92. The first-order valence-electron chi connectivity index (χ1n) is 6.24. The lowest BCUT2D eigenvalue weighted by Crippen LogP contribution is -2.08. The Morgan fingerprint density at radius 1 is 1.45 bits per heavy atom. The van der Waals surface area contributed by atoms with Crippen LogP contribution in [0.3, 0.4) is 0 Å². The van der Waals surface area contributed by atoms with Crippen molar-refractivity contribution in [1.29, 1.82) is 0 Å². The molecule has 0 aliphatic heterocycles. The van der Waals surface area contributed by atoms with Gasteiger partial charge in [-0.05, 0) is 31.5 Å². The summed E-state index contributed by atoms with van der Waals surface area (Å²) in [4.78, 5) is 15.8. The Bertz CT molecular complexity index is 583. The molecule has 0 amide bonds. The van der Waals surface area contributed by atoms with Gasteiger partial charge in [-0.25, -0.2) is 9.78 Å². The van der Waals surface area contributed by atoms with E-state index < -0.39 is 0 Å². The number of hydrogen-bond acceptors (Lipinski definition) is 5. The van der Waals surface area contributed by atoms with Crippen molar-refractivity contribution in [2.45, 2.75) is 19.9 Å². The maximum absolute atomic E-state index is 11.5. The number of esters is 1. The summed E-state index contributed by atoms with van der Waals surface area (Å²) in [6.45, 7) is 4.18. The van der Waals surface area contributed by atoms with Gasteiger partial charge in [-0.15, -0.1) is 11.3 Å².